The van der Waals surface area contributed by atoms with E-state index in [4.69, 9.17) is 0 Å². The third kappa shape index (κ3) is 5.51. The monoisotopic (exact) mass is 280 g/mol. The highest BCUT2D eigenvalue weighted by Gasteiger charge is 2.16. The van der Waals surface area contributed by atoms with Gasteiger partial charge in [-0.3, -0.25) is 9.69 Å². The van der Waals surface area contributed by atoms with Crippen LogP contribution < -0.4 is 10.6 Å². The van der Waals surface area contributed by atoms with Gasteiger partial charge in [0.1, 0.15) is 0 Å². The van der Waals surface area contributed by atoms with Crippen LogP contribution in [0.15, 0.2) is 11.8 Å². The first-order valence-corrected chi connectivity index (χ1v) is 7.86. The number of nitrogens with one attached hydrogen (secondary N) is 2. The average molecular weight is 280 g/mol. The van der Waals surface area contributed by atoms with Gasteiger partial charge in [-0.05, 0) is 19.3 Å². The van der Waals surface area contributed by atoms with Crippen molar-refractivity contribution in [2.75, 3.05) is 52.4 Å². The van der Waals surface area contributed by atoms with Crippen LogP contribution in [0.1, 0.15) is 26.2 Å². The Kier molecular flexibility index (Phi) is 6.33. The zero-order valence-corrected chi connectivity index (χ0v) is 12.7. The Labute approximate surface area is 122 Å². The van der Waals surface area contributed by atoms with E-state index in [1.54, 1.807) is 6.92 Å². The molecule has 0 unspecified atom stereocenters. The Morgan fingerprint density at radius 2 is 1.95 bits per heavy atom. The van der Waals surface area contributed by atoms with E-state index < -0.39 is 0 Å². The maximum absolute atomic E-state index is 10.8. The van der Waals surface area contributed by atoms with Crippen LogP contribution >= 0.6 is 0 Å². The van der Waals surface area contributed by atoms with Crippen molar-refractivity contribution in [1.82, 2.24) is 20.4 Å². The summed E-state index contributed by atoms with van der Waals surface area (Å²) in [6.45, 7) is 10.2. The minimum absolute atomic E-state index is 0.0666. The van der Waals surface area contributed by atoms with Crippen molar-refractivity contribution in [2.45, 2.75) is 26.2 Å². The van der Waals surface area contributed by atoms with Crippen molar-refractivity contribution in [3.05, 3.63) is 11.8 Å². The van der Waals surface area contributed by atoms with Gasteiger partial charge in [-0.1, -0.05) is 6.08 Å². The van der Waals surface area contributed by atoms with Crippen molar-refractivity contribution in [1.29, 1.82) is 0 Å². The molecule has 0 saturated carbocycles. The maximum atomic E-state index is 10.8. The van der Waals surface area contributed by atoms with Gasteiger partial charge in [0.25, 0.3) is 0 Å². The Balaban J connectivity index is 1.57. The first-order chi connectivity index (χ1) is 9.74. The van der Waals surface area contributed by atoms with Gasteiger partial charge in [-0.25, -0.2) is 0 Å². The van der Waals surface area contributed by atoms with E-state index in [1.807, 2.05) is 0 Å². The molecule has 2 rings (SSSR count). The Hall–Kier alpha value is -1.07. The third-order valence-corrected chi connectivity index (χ3v) is 4.09. The molecule has 20 heavy (non-hydrogen) atoms. The summed E-state index contributed by atoms with van der Waals surface area (Å²) in [5.74, 6) is 0.0666. The van der Waals surface area contributed by atoms with Gasteiger partial charge in [0, 0.05) is 65.0 Å². The summed E-state index contributed by atoms with van der Waals surface area (Å²) in [4.78, 5) is 15.8. The number of nitrogens with zero attached hydrogens (tertiary/aromatic N) is 2. The second-order valence-corrected chi connectivity index (χ2v) is 5.71. The number of hydrogen-bond acceptors (Lipinski definition) is 4. The van der Waals surface area contributed by atoms with Crippen LogP contribution in [0, 0.1) is 0 Å². The molecule has 0 bridgehead atoms. The Morgan fingerprint density at radius 3 is 2.55 bits per heavy atom. The van der Waals surface area contributed by atoms with E-state index >= 15 is 0 Å². The van der Waals surface area contributed by atoms with Gasteiger partial charge in [0.15, 0.2) is 0 Å². The first kappa shape index (κ1) is 15.3. The highest BCUT2D eigenvalue weighted by Crippen LogP contribution is 2.09. The van der Waals surface area contributed by atoms with Gasteiger partial charge in [0.05, 0.1) is 0 Å². The topological polar surface area (TPSA) is 47.6 Å². The number of allylic oxidation sites excluding steroid dienone is 1. The molecule has 2 aliphatic heterocycles. The van der Waals surface area contributed by atoms with Gasteiger partial charge in [0.2, 0.25) is 5.91 Å². The van der Waals surface area contributed by atoms with E-state index in [1.165, 1.54) is 25.1 Å². The summed E-state index contributed by atoms with van der Waals surface area (Å²) in [5, 5.41) is 6.35. The van der Waals surface area contributed by atoms with Gasteiger partial charge < -0.3 is 15.5 Å². The van der Waals surface area contributed by atoms with Crippen LogP contribution in [0.4, 0.5) is 0 Å². The summed E-state index contributed by atoms with van der Waals surface area (Å²) in [5.41, 5.74) is 1.43. The van der Waals surface area contributed by atoms with Crippen LogP contribution in [0.5, 0.6) is 0 Å². The molecule has 0 aromatic carbocycles. The molecule has 0 aromatic rings. The number of carbonyl (C=O) groups is 1. The predicted octanol–water partition coefficient (Wildman–Crippen LogP) is 0.398. The van der Waals surface area contributed by atoms with Gasteiger partial charge in [-0.15, -0.1) is 0 Å². The number of piperazine rings is 1. The van der Waals surface area contributed by atoms with Gasteiger partial charge in [-0.2, -0.15) is 0 Å². The zero-order valence-electron chi connectivity index (χ0n) is 12.7. The zero-order chi connectivity index (χ0) is 14.2. The Bertz CT molecular complexity index is 335. The van der Waals surface area contributed by atoms with E-state index in [0.717, 1.165) is 52.2 Å². The summed E-state index contributed by atoms with van der Waals surface area (Å²) in [7, 11) is 0. The van der Waals surface area contributed by atoms with Crippen LogP contribution in [0.2, 0.25) is 0 Å². The fraction of sp³-hybridized carbons (Fsp3) is 0.800. The minimum Gasteiger partial charge on any atom is -0.389 e. The fourth-order valence-corrected chi connectivity index (χ4v) is 2.80. The van der Waals surface area contributed by atoms with Gasteiger partial charge >= 0.3 is 0 Å². The van der Waals surface area contributed by atoms with E-state index in [9.17, 15) is 4.79 Å². The molecule has 0 aromatic heterocycles. The third-order valence-electron chi connectivity index (χ3n) is 4.09. The minimum atomic E-state index is 0.0666. The van der Waals surface area contributed by atoms with E-state index in [2.05, 4.69) is 26.5 Å². The summed E-state index contributed by atoms with van der Waals surface area (Å²) < 4.78 is 0. The number of rotatable bonds is 6. The lowest BCUT2D eigenvalue weighted by atomic mass is 10.1. The quantitative estimate of drug-likeness (QED) is 0.739. The number of hydrogen-bond donors (Lipinski definition) is 2. The van der Waals surface area contributed by atoms with Crippen molar-refractivity contribution >= 4 is 5.91 Å². The van der Waals surface area contributed by atoms with Crippen molar-refractivity contribution in [3.8, 4) is 0 Å². The highest BCUT2D eigenvalue weighted by molar-refractivity contribution is 5.72. The second-order valence-electron chi connectivity index (χ2n) is 5.71. The molecule has 0 spiro atoms. The normalized spacial score (nSPS) is 21.1. The molecule has 5 heteroatoms. The lowest BCUT2D eigenvalue weighted by Gasteiger charge is -2.35. The molecule has 0 aliphatic carbocycles. The van der Waals surface area contributed by atoms with Crippen LogP contribution in [-0.2, 0) is 4.79 Å². The smallest absolute Gasteiger partial charge is 0.216 e. The Morgan fingerprint density at radius 1 is 1.25 bits per heavy atom. The largest absolute Gasteiger partial charge is 0.389 e. The van der Waals surface area contributed by atoms with E-state index in [0.29, 0.717) is 0 Å². The molecular formula is C15H28N4O. The molecule has 0 atom stereocenters. The van der Waals surface area contributed by atoms with Crippen LogP contribution in [0.25, 0.3) is 0 Å². The van der Waals surface area contributed by atoms with Crippen molar-refractivity contribution in [2.24, 2.45) is 0 Å². The standard InChI is InChI=1S/C15H28N4O/c1-14(20)16-7-9-19-12-10-18(11-13-19)8-5-15-4-2-3-6-17-15/h4,17H,2-3,5-13H2,1H3,(H,16,20). The predicted molar refractivity (Wildman–Crippen MR) is 81.5 cm³/mol. The SMILES string of the molecule is CC(=O)NCCN1CCN(CCC2=CCCCN2)CC1. The molecule has 0 radical (unpaired) electrons. The van der Waals surface area contributed by atoms with Crippen molar-refractivity contribution < 1.29 is 4.79 Å². The molecule has 1 fully saturated rings. The molecule has 2 N–H and O–H groups in total. The number of carbonyl (C=O) groups excluding carboxylic acids is 1. The van der Waals surface area contributed by atoms with Crippen LogP contribution in [-0.4, -0.2) is 68.1 Å². The molecule has 2 heterocycles. The molecule has 1 amide bonds. The molecule has 5 nitrogen and oxygen atoms in total. The maximum Gasteiger partial charge on any atom is 0.216 e. The molecule has 114 valence electrons. The lowest BCUT2D eigenvalue weighted by Crippen LogP contribution is -2.48. The van der Waals surface area contributed by atoms with Crippen molar-refractivity contribution in [3.63, 3.8) is 0 Å². The lowest BCUT2D eigenvalue weighted by molar-refractivity contribution is -0.119. The number of amides is 1. The van der Waals surface area contributed by atoms with Crippen LogP contribution in [0.3, 0.4) is 0 Å². The van der Waals surface area contributed by atoms with E-state index in [-0.39, 0.29) is 5.91 Å². The summed E-state index contributed by atoms with van der Waals surface area (Å²) in [6.07, 6.45) is 6.02. The average Bonchev–Trinajstić information content (AvgIpc) is 2.47. The second kappa shape index (κ2) is 8.27. The molecule has 1 saturated heterocycles. The highest BCUT2D eigenvalue weighted by atomic mass is 16.1. The summed E-state index contributed by atoms with van der Waals surface area (Å²) >= 11 is 0. The molecular weight excluding hydrogens is 252 g/mol. The molecule has 2 aliphatic rings. The summed E-state index contributed by atoms with van der Waals surface area (Å²) in [6, 6.07) is 0. The fourth-order valence-electron chi connectivity index (χ4n) is 2.80. The first-order valence-electron chi connectivity index (χ1n) is 7.86.